The van der Waals surface area contributed by atoms with E-state index in [1.807, 2.05) is 12.1 Å². The topological polar surface area (TPSA) is 66.5 Å². The van der Waals surface area contributed by atoms with Gasteiger partial charge in [0.1, 0.15) is 5.82 Å². The summed E-state index contributed by atoms with van der Waals surface area (Å²) in [5, 5.41) is 2.84. The first-order valence-electron chi connectivity index (χ1n) is 11.3. The van der Waals surface area contributed by atoms with Crippen LogP contribution >= 0.6 is 0 Å². The molecule has 10 heteroatoms. The van der Waals surface area contributed by atoms with Crippen molar-refractivity contribution in [3.8, 4) is 0 Å². The maximum Gasteiger partial charge on any atom is 0.417 e. The lowest BCUT2D eigenvalue weighted by molar-refractivity contribution is -0.140. The highest BCUT2D eigenvalue weighted by Crippen LogP contribution is 2.39. The molecule has 0 spiro atoms. The number of fused-ring (bicyclic) bond motifs is 1. The minimum absolute atomic E-state index is 0.0576. The molecule has 1 amide bonds. The summed E-state index contributed by atoms with van der Waals surface area (Å²) >= 11 is 0. The van der Waals surface area contributed by atoms with E-state index in [9.17, 15) is 30.8 Å². The van der Waals surface area contributed by atoms with E-state index in [0.717, 1.165) is 42.0 Å². The number of carbonyl (C=O) groups is 1. The molecule has 34 heavy (non-hydrogen) atoms. The third-order valence-electron chi connectivity index (χ3n) is 6.64. The Morgan fingerprint density at radius 1 is 1.06 bits per heavy atom. The molecule has 1 unspecified atom stereocenters. The summed E-state index contributed by atoms with van der Waals surface area (Å²) in [6.07, 6.45) is -0.233. The Morgan fingerprint density at radius 3 is 2.47 bits per heavy atom. The Bertz CT molecular complexity index is 1160. The smallest absolute Gasteiger partial charge is 0.354 e. The molecule has 1 atom stereocenters. The van der Waals surface area contributed by atoms with Crippen LogP contribution in [0.4, 0.5) is 17.6 Å². The Balaban J connectivity index is 1.69. The van der Waals surface area contributed by atoms with E-state index in [1.54, 1.807) is 12.1 Å². The highest BCUT2D eigenvalue weighted by Gasteiger charge is 2.43. The van der Waals surface area contributed by atoms with E-state index < -0.39 is 38.5 Å². The van der Waals surface area contributed by atoms with Crippen LogP contribution in [0.5, 0.6) is 0 Å². The zero-order valence-electron chi connectivity index (χ0n) is 18.4. The monoisotopic (exact) mass is 498 g/mol. The Hall–Kier alpha value is -2.46. The second-order valence-electron chi connectivity index (χ2n) is 8.80. The van der Waals surface area contributed by atoms with Crippen molar-refractivity contribution in [3.05, 3.63) is 65.0 Å². The van der Waals surface area contributed by atoms with Crippen molar-refractivity contribution in [2.24, 2.45) is 5.92 Å². The molecule has 1 saturated carbocycles. The van der Waals surface area contributed by atoms with E-state index in [0.29, 0.717) is 24.1 Å². The number of alkyl halides is 3. The van der Waals surface area contributed by atoms with E-state index in [-0.39, 0.29) is 31.0 Å². The maximum absolute atomic E-state index is 13.6. The molecule has 1 heterocycles. The first-order chi connectivity index (χ1) is 16.1. The third-order valence-corrected chi connectivity index (χ3v) is 8.61. The lowest BCUT2D eigenvalue weighted by Gasteiger charge is -2.37. The standard InChI is InChI=1S/C24H26F4N2O3S/c25-18-10-11-22(20(14-18)24(26,27)28)34(32,33)30-13-12-16-6-4-5-9-19(16)21(30)15-29-23(31)17-7-2-1-3-8-17/h4-6,9-11,14,17,21H,1-3,7-8,12-13,15H2,(H,29,31). The Morgan fingerprint density at radius 2 is 1.76 bits per heavy atom. The molecule has 0 aromatic heterocycles. The molecule has 2 aliphatic rings. The highest BCUT2D eigenvalue weighted by molar-refractivity contribution is 7.89. The molecular formula is C24H26F4N2O3S. The average Bonchev–Trinajstić information content (AvgIpc) is 2.82. The van der Waals surface area contributed by atoms with Crippen molar-refractivity contribution >= 4 is 15.9 Å². The number of sulfonamides is 1. The van der Waals surface area contributed by atoms with Crippen LogP contribution in [-0.2, 0) is 27.4 Å². The van der Waals surface area contributed by atoms with Gasteiger partial charge in [0.15, 0.2) is 0 Å². The average molecular weight is 499 g/mol. The number of benzene rings is 2. The molecule has 2 aromatic rings. The van der Waals surface area contributed by atoms with Crippen LogP contribution in [0.15, 0.2) is 47.4 Å². The van der Waals surface area contributed by atoms with Crippen molar-refractivity contribution in [3.63, 3.8) is 0 Å². The second-order valence-corrected chi connectivity index (χ2v) is 10.7. The quantitative estimate of drug-likeness (QED) is 0.601. The summed E-state index contributed by atoms with van der Waals surface area (Å²) in [7, 11) is -4.66. The SMILES string of the molecule is O=C(NCC1c2ccccc2CCN1S(=O)(=O)c1ccc(F)cc1C(F)(F)F)C1CCCCC1. The Labute approximate surface area is 196 Å². The molecular weight excluding hydrogens is 472 g/mol. The molecule has 1 aliphatic heterocycles. The fraction of sp³-hybridized carbons (Fsp3) is 0.458. The van der Waals surface area contributed by atoms with E-state index >= 15 is 0 Å². The van der Waals surface area contributed by atoms with Gasteiger partial charge in [0, 0.05) is 19.0 Å². The lowest BCUT2D eigenvalue weighted by atomic mass is 9.88. The molecule has 1 fully saturated rings. The summed E-state index contributed by atoms with van der Waals surface area (Å²) in [6, 6.07) is 7.79. The Kier molecular flexibility index (Phi) is 7.00. The number of carbonyl (C=O) groups excluding carboxylic acids is 1. The highest BCUT2D eigenvalue weighted by atomic mass is 32.2. The molecule has 5 nitrogen and oxygen atoms in total. The first-order valence-corrected chi connectivity index (χ1v) is 12.8. The van der Waals surface area contributed by atoms with Crippen LogP contribution in [-0.4, -0.2) is 31.7 Å². The van der Waals surface area contributed by atoms with Crippen LogP contribution in [0.1, 0.15) is 54.8 Å². The van der Waals surface area contributed by atoms with Gasteiger partial charge in [-0.2, -0.15) is 17.5 Å². The largest absolute Gasteiger partial charge is 0.417 e. The normalized spacial score (nSPS) is 20.1. The summed E-state index contributed by atoms with van der Waals surface area (Å²) in [4.78, 5) is 11.7. The first kappa shape index (κ1) is 24.7. The second kappa shape index (κ2) is 9.65. The number of nitrogens with zero attached hydrogens (tertiary/aromatic N) is 1. The molecule has 184 valence electrons. The van der Waals surface area contributed by atoms with E-state index in [4.69, 9.17) is 0 Å². The maximum atomic E-state index is 13.6. The number of amides is 1. The van der Waals surface area contributed by atoms with Crippen molar-refractivity contribution < 1.29 is 30.8 Å². The number of rotatable bonds is 5. The predicted octanol–water partition coefficient (Wildman–Crippen LogP) is 4.83. The van der Waals surface area contributed by atoms with Gasteiger partial charge >= 0.3 is 6.18 Å². The molecule has 0 bridgehead atoms. The zero-order chi connectivity index (χ0) is 24.5. The van der Waals surface area contributed by atoms with Gasteiger partial charge in [0.2, 0.25) is 15.9 Å². The van der Waals surface area contributed by atoms with Gasteiger partial charge in [-0.05, 0) is 48.6 Å². The van der Waals surface area contributed by atoms with Gasteiger partial charge in [-0.25, -0.2) is 12.8 Å². The zero-order valence-corrected chi connectivity index (χ0v) is 19.3. The van der Waals surface area contributed by atoms with Gasteiger partial charge in [0.05, 0.1) is 16.5 Å². The number of hydrogen-bond donors (Lipinski definition) is 1. The summed E-state index contributed by atoms with van der Waals surface area (Å²) in [5.41, 5.74) is -0.0331. The van der Waals surface area contributed by atoms with Gasteiger partial charge in [0.25, 0.3) is 0 Å². The van der Waals surface area contributed by atoms with Crippen molar-refractivity contribution in [1.29, 1.82) is 0 Å². The molecule has 4 rings (SSSR count). The van der Waals surface area contributed by atoms with Gasteiger partial charge in [-0.1, -0.05) is 43.5 Å². The fourth-order valence-electron chi connectivity index (χ4n) is 4.91. The van der Waals surface area contributed by atoms with Crippen LogP contribution in [0, 0.1) is 11.7 Å². The summed E-state index contributed by atoms with van der Waals surface area (Å²) < 4.78 is 82.5. The van der Waals surface area contributed by atoms with Crippen molar-refractivity contribution in [1.82, 2.24) is 9.62 Å². The summed E-state index contributed by atoms with van der Waals surface area (Å²) in [6.45, 7) is -0.119. The minimum Gasteiger partial charge on any atom is -0.354 e. The van der Waals surface area contributed by atoms with Crippen LogP contribution < -0.4 is 5.32 Å². The summed E-state index contributed by atoms with van der Waals surface area (Å²) in [5.74, 6) is -1.49. The molecule has 0 radical (unpaired) electrons. The van der Waals surface area contributed by atoms with Crippen LogP contribution in [0.2, 0.25) is 0 Å². The minimum atomic E-state index is -5.05. The molecule has 1 aliphatic carbocycles. The van der Waals surface area contributed by atoms with Crippen molar-refractivity contribution in [2.45, 2.75) is 55.6 Å². The van der Waals surface area contributed by atoms with Crippen LogP contribution in [0.3, 0.4) is 0 Å². The lowest BCUT2D eigenvalue weighted by Crippen LogP contribution is -2.46. The number of nitrogens with one attached hydrogen (secondary N) is 1. The van der Waals surface area contributed by atoms with Crippen LogP contribution in [0.25, 0.3) is 0 Å². The fourth-order valence-corrected chi connectivity index (χ4v) is 6.71. The van der Waals surface area contributed by atoms with E-state index in [2.05, 4.69) is 5.32 Å². The van der Waals surface area contributed by atoms with E-state index in [1.165, 1.54) is 0 Å². The number of hydrogen-bond acceptors (Lipinski definition) is 3. The molecule has 2 aromatic carbocycles. The van der Waals surface area contributed by atoms with Gasteiger partial charge in [-0.3, -0.25) is 4.79 Å². The van der Waals surface area contributed by atoms with Gasteiger partial charge < -0.3 is 5.32 Å². The third kappa shape index (κ3) is 4.98. The number of halogens is 4. The predicted molar refractivity (Wildman–Crippen MR) is 118 cm³/mol. The van der Waals surface area contributed by atoms with Crippen molar-refractivity contribution in [2.75, 3.05) is 13.1 Å². The molecule has 1 N–H and O–H groups in total. The van der Waals surface area contributed by atoms with Gasteiger partial charge in [-0.15, -0.1) is 0 Å². The molecule has 0 saturated heterocycles.